The van der Waals surface area contributed by atoms with E-state index in [0.29, 0.717) is 12.1 Å². The first-order valence-electron chi connectivity index (χ1n) is 7.02. The van der Waals surface area contributed by atoms with E-state index in [-0.39, 0.29) is 5.91 Å². The van der Waals surface area contributed by atoms with Gasteiger partial charge >= 0.3 is 0 Å². The molecule has 108 valence electrons. The number of carbonyl (C=O) groups is 1. The molecule has 3 rings (SSSR count). The first-order valence-corrected chi connectivity index (χ1v) is 8.89. The number of amides is 1. The third-order valence-electron chi connectivity index (χ3n) is 4.59. The lowest BCUT2D eigenvalue weighted by Gasteiger charge is -2.26. The molecule has 0 N–H and O–H groups in total. The lowest BCUT2D eigenvalue weighted by atomic mass is 10.1. The summed E-state index contributed by atoms with van der Waals surface area (Å²) in [4.78, 5) is 17.3. The van der Waals surface area contributed by atoms with Crippen molar-refractivity contribution in [2.24, 2.45) is 0 Å². The van der Waals surface area contributed by atoms with Gasteiger partial charge in [0.25, 0.3) is 5.91 Å². The van der Waals surface area contributed by atoms with Crippen LogP contribution in [0.2, 0.25) is 0 Å². The van der Waals surface area contributed by atoms with Crippen molar-refractivity contribution in [2.75, 3.05) is 20.1 Å². The van der Waals surface area contributed by atoms with Crippen molar-refractivity contribution >= 4 is 44.4 Å². The second kappa shape index (κ2) is 5.93. The third kappa shape index (κ3) is 2.76. The second-order valence-electron chi connectivity index (χ2n) is 5.71. The van der Waals surface area contributed by atoms with E-state index >= 15 is 0 Å². The van der Waals surface area contributed by atoms with Crippen LogP contribution in [0, 0.1) is 3.57 Å². The predicted octanol–water partition coefficient (Wildman–Crippen LogP) is 3.36. The van der Waals surface area contributed by atoms with Gasteiger partial charge in [0.05, 0.1) is 5.56 Å². The number of hydrogen-bond donors (Lipinski definition) is 0. The molecule has 1 amide bonds. The Hall–Kier alpha value is -0.140. The summed E-state index contributed by atoms with van der Waals surface area (Å²) < 4.78 is 1.99. The molecule has 1 aromatic carbocycles. The molecule has 0 saturated carbocycles. The molecule has 1 aromatic rings. The quantitative estimate of drug-likeness (QED) is 0.615. The van der Waals surface area contributed by atoms with Gasteiger partial charge in [-0.2, -0.15) is 0 Å². The highest BCUT2D eigenvalue weighted by molar-refractivity contribution is 14.1. The van der Waals surface area contributed by atoms with Gasteiger partial charge in [0.2, 0.25) is 0 Å². The highest BCUT2D eigenvalue weighted by atomic mass is 127. The Morgan fingerprint density at radius 2 is 2.05 bits per heavy atom. The monoisotopic (exact) mass is 448 g/mol. The maximum atomic E-state index is 12.8. The zero-order valence-corrected chi connectivity index (χ0v) is 15.2. The standard InChI is InChI=1S/C15H18BrIN2O/c1-18-11-3-4-12(18)9-19(7-6-11)15(20)13-8-10(16)2-5-14(13)17/h2,5,8,11-12H,3-4,6-7,9H2,1H3. The van der Waals surface area contributed by atoms with Crippen molar-refractivity contribution < 1.29 is 4.79 Å². The zero-order chi connectivity index (χ0) is 14.3. The number of carbonyl (C=O) groups excluding carboxylic acids is 1. The highest BCUT2D eigenvalue weighted by Crippen LogP contribution is 2.29. The summed E-state index contributed by atoms with van der Waals surface area (Å²) in [6.07, 6.45) is 3.61. The molecule has 2 saturated heterocycles. The number of rotatable bonds is 1. The third-order valence-corrected chi connectivity index (χ3v) is 6.03. The van der Waals surface area contributed by atoms with Gasteiger partial charge in [0.1, 0.15) is 0 Å². The van der Waals surface area contributed by atoms with Crippen molar-refractivity contribution in [3.05, 3.63) is 31.8 Å². The van der Waals surface area contributed by atoms with E-state index in [9.17, 15) is 4.79 Å². The molecule has 0 spiro atoms. The number of halogens is 2. The van der Waals surface area contributed by atoms with E-state index in [1.165, 1.54) is 12.8 Å². The fourth-order valence-electron chi connectivity index (χ4n) is 3.32. The Bertz CT molecular complexity index is 537. The van der Waals surface area contributed by atoms with Crippen molar-refractivity contribution in [1.82, 2.24) is 9.80 Å². The van der Waals surface area contributed by atoms with Crippen LogP contribution in [-0.4, -0.2) is 47.9 Å². The number of benzene rings is 1. The van der Waals surface area contributed by atoms with Crippen LogP contribution in [0.1, 0.15) is 29.6 Å². The van der Waals surface area contributed by atoms with Gasteiger partial charge in [-0.15, -0.1) is 0 Å². The highest BCUT2D eigenvalue weighted by Gasteiger charge is 2.36. The molecule has 5 heteroatoms. The number of nitrogens with zero attached hydrogens (tertiary/aromatic N) is 2. The first-order chi connectivity index (χ1) is 9.56. The summed E-state index contributed by atoms with van der Waals surface area (Å²) in [6, 6.07) is 7.12. The smallest absolute Gasteiger partial charge is 0.255 e. The molecule has 2 heterocycles. The molecule has 2 aliphatic heterocycles. The Labute approximate surface area is 142 Å². The Kier molecular flexibility index (Phi) is 4.38. The molecule has 20 heavy (non-hydrogen) atoms. The largest absolute Gasteiger partial charge is 0.337 e. The number of likely N-dealkylation sites (N-methyl/N-ethyl adjacent to an activating group) is 1. The Balaban J connectivity index is 1.82. The molecule has 0 radical (unpaired) electrons. The summed E-state index contributed by atoms with van der Waals surface area (Å²) in [5.41, 5.74) is 0.820. The van der Waals surface area contributed by atoms with Gasteiger partial charge in [-0.05, 0) is 67.1 Å². The van der Waals surface area contributed by atoms with Crippen molar-refractivity contribution in [3.63, 3.8) is 0 Å². The molecule has 2 atom stereocenters. The molecule has 3 nitrogen and oxygen atoms in total. The predicted molar refractivity (Wildman–Crippen MR) is 92.0 cm³/mol. The Morgan fingerprint density at radius 3 is 2.85 bits per heavy atom. The summed E-state index contributed by atoms with van der Waals surface area (Å²) in [7, 11) is 2.21. The van der Waals surface area contributed by atoms with Crippen LogP contribution in [0.3, 0.4) is 0 Å². The molecule has 2 aliphatic rings. The maximum Gasteiger partial charge on any atom is 0.255 e. The fraction of sp³-hybridized carbons (Fsp3) is 0.533. The van der Waals surface area contributed by atoms with Gasteiger partial charge in [0.15, 0.2) is 0 Å². The van der Waals surface area contributed by atoms with Gasteiger partial charge in [-0.3, -0.25) is 9.69 Å². The summed E-state index contributed by atoms with van der Waals surface area (Å²) in [5, 5.41) is 0. The minimum atomic E-state index is 0.177. The van der Waals surface area contributed by atoms with Gasteiger partial charge in [0, 0.05) is 33.2 Å². The van der Waals surface area contributed by atoms with E-state index in [4.69, 9.17) is 0 Å². The van der Waals surface area contributed by atoms with Crippen molar-refractivity contribution in [2.45, 2.75) is 31.3 Å². The van der Waals surface area contributed by atoms with Gasteiger partial charge in [-0.1, -0.05) is 15.9 Å². The maximum absolute atomic E-state index is 12.8. The van der Waals surface area contributed by atoms with Crippen molar-refractivity contribution in [1.29, 1.82) is 0 Å². The average molecular weight is 449 g/mol. The number of fused-ring (bicyclic) bond motifs is 2. The van der Waals surface area contributed by atoms with E-state index < -0.39 is 0 Å². The van der Waals surface area contributed by atoms with Crippen LogP contribution in [0.5, 0.6) is 0 Å². The molecule has 0 aliphatic carbocycles. The van der Waals surface area contributed by atoms with E-state index in [1.807, 2.05) is 23.1 Å². The van der Waals surface area contributed by atoms with E-state index in [1.54, 1.807) is 0 Å². The summed E-state index contributed by atoms with van der Waals surface area (Å²) in [6.45, 7) is 1.75. The average Bonchev–Trinajstić information content (AvgIpc) is 2.65. The first kappa shape index (κ1) is 14.8. The molecular weight excluding hydrogens is 431 g/mol. The lowest BCUT2D eigenvalue weighted by molar-refractivity contribution is 0.0739. The summed E-state index contributed by atoms with van der Waals surface area (Å²) >= 11 is 5.71. The minimum absolute atomic E-state index is 0.177. The van der Waals surface area contributed by atoms with Crippen LogP contribution < -0.4 is 0 Å². The molecule has 2 bridgehead atoms. The SMILES string of the molecule is CN1C2CCC1CN(C(=O)c1cc(Br)ccc1I)CC2. The molecule has 2 fully saturated rings. The molecule has 0 aromatic heterocycles. The summed E-state index contributed by atoms with van der Waals surface area (Å²) in [5.74, 6) is 0.177. The Morgan fingerprint density at radius 1 is 1.30 bits per heavy atom. The molecular formula is C15H18BrIN2O. The van der Waals surface area contributed by atoms with E-state index in [0.717, 1.165) is 33.1 Å². The van der Waals surface area contributed by atoms with Gasteiger partial charge in [-0.25, -0.2) is 0 Å². The topological polar surface area (TPSA) is 23.6 Å². The fourth-order valence-corrected chi connectivity index (χ4v) is 4.25. The number of hydrogen-bond acceptors (Lipinski definition) is 2. The second-order valence-corrected chi connectivity index (χ2v) is 7.79. The van der Waals surface area contributed by atoms with Crippen LogP contribution in [0.25, 0.3) is 0 Å². The van der Waals surface area contributed by atoms with Crippen LogP contribution >= 0.6 is 38.5 Å². The molecule has 2 unspecified atom stereocenters. The lowest BCUT2D eigenvalue weighted by Crippen LogP contribution is -2.39. The number of likely N-dealkylation sites (tertiary alicyclic amines) is 1. The normalized spacial score (nSPS) is 26.6. The van der Waals surface area contributed by atoms with E-state index in [2.05, 4.69) is 50.5 Å². The van der Waals surface area contributed by atoms with Crippen molar-refractivity contribution in [3.8, 4) is 0 Å². The minimum Gasteiger partial charge on any atom is -0.337 e. The zero-order valence-electron chi connectivity index (χ0n) is 11.5. The van der Waals surface area contributed by atoms with Crippen LogP contribution in [-0.2, 0) is 0 Å². The van der Waals surface area contributed by atoms with Gasteiger partial charge < -0.3 is 4.90 Å². The van der Waals surface area contributed by atoms with Crippen LogP contribution in [0.15, 0.2) is 22.7 Å². The van der Waals surface area contributed by atoms with Crippen LogP contribution in [0.4, 0.5) is 0 Å².